The zero-order valence-corrected chi connectivity index (χ0v) is 44.0. The molecule has 0 amide bonds. The molecular formula is C30H78Ge3N12O3S6. The van der Waals surface area contributed by atoms with Crippen molar-refractivity contribution in [1.29, 1.82) is 0 Å². The molecule has 0 saturated carbocycles. The average molecular weight is 1070 g/mol. The van der Waals surface area contributed by atoms with E-state index in [1.165, 1.54) is 0 Å². The molecule has 0 atom stereocenters. The summed E-state index contributed by atoms with van der Waals surface area (Å²) in [5.41, 5.74) is 34.7. The van der Waals surface area contributed by atoms with Crippen molar-refractivity contribution < 1.29 is 8.37 Å². The fourth-order valence-electron chi connectivity index (χ4n) is 4.60. The second kappa shape index (κ2) is 39.0. The third kappa shape index (κ3) is 28.6. The SMILES string of the molecule is NCCCNCC[S][Ge]1([S]CCNCCCN)[O][Ge]([S]CCNCCCN)([S]CCNCCCN)[O][Ge]([S]CCNCCCN)([S]CCNCCCN)[O]1. The van der Waals surface area contributed by atoms with E-state index in [1.807, 2.05) is 60.5 Å². The molecule has 15 nitrogen and oxygen atoms in total. The van der Waals surface area contributed by atoms with Gasteiger partial charge in [0.25, 0.3) is 0 Å². The summed E-state index contributed by atoms with van der Waals surface area (Å²) in [5, 5.41) is 21.6. The van der Waals surface area contributed by atoms with E-state index in [-0.39, 0.29) is 0 Å². The Morgan fingerprint density at radius 1 is 0.278 bits per heavy atom. The van der Waals surface area contributed by atoms with Crippen LogP contribution < -0.4 is 66.3 Å². The monoisotopic (exact) mass is 1070 g/mol. The van der Waals surface area contributed by atoms with E-state index < -0.39 is 35.0 Å². The fourth-order valence-corrected chi connectivity index (χ4v) is 138. The maximum absolute atomic E-state index is 7.70. The van der Waals surface area contributed by atoms with Gasteiger partial charge < -0.3 is 0 Å². The number of nitrogens with one attached hydrogen (secondary N) is 6. The normalized spacial score (nSPS) is 16.3. The van der Waals surface area contributed by atoms with Crippen LogP contribution in [-0.4, -0.2) is 187 Å². The van der Waals surface area contributed by atoms with E-state index >= 15 is 0 Å². The van der Waals surface area contributed by atoms with Crippen LogP contribution in [0.5, 0.6) is 0 Å². The molecule has 1 aliphatic heterocycles. The van der Waals surface area contributed by atoms with Crippen molar-refractivity contribution in [3.63, 3.8) is 0 Å². The molecule has 1 fully saturated rings. The molecule has 1 aliphatic rings. The van der Waals surface area contributed by atoms with Crippen LogP contribution in [0.4, 0.5) is 0 Å². The van der Waals surface area contributed by atoms with Crippen LogP contribution in [-0.2, 0) is 8.37 Å². The summed E-state index contributed by atoms with van der Waals surface area (Å²) < 4.78 is 23.1. The maximum atomic E-state index is 7.70. The summed E-state index contributed by atoms with van der Waals surface area (Å²) in [7, 11) is 11.9. The van der Waals surface area contributed by atoms with Crippen molar-refractivity contribution in [2.45, 2.75) is 38.5 Å². The minimum absolute atomic E-state index is 0.692. The average Bonchev–Trinajstić information content (AvgIpc) is 3.17. The molecule has 0 radical (unpaired) electrons. The number of rotatable bonds is 42. The molecule has 1 heterocycles. The van der Waals surface area contributed by atoms with Gasteiger partial charge in [-0.15, -0.1) is 0 Å². The van der Waals surface area contributed by atoms with Gasteiger partial charge in [0, 0.05) is 0 Å². The third-order valence-corrected chi connectivity index (χ3v) is 90.6. The standard InChI is InChI=1S/C30H78Ge3N12O3S6/c34-7-1-13-40-19-25-49-31(50-26-20-41-14-2-8-35)46-32(51-27-21-42-15-3-9-36,52-28-22-43-16-4-10-37)48-33(47-31,53-29-23-44-17-5-11-38)54-30-24-45-18-6-12-39/h40-45H,1-30,34-39H2. The molecule has 54 heavy (non-hydrogen) atoms. The van der Waals surface area contributed by atoms with E-state index in [0.29, 0.717) is 39.3 Å². The molecule has 0 aromatic rings. The van der Waals surface area contributed by atoms with Crippen LogP contribution in [0, 0.1) is 0 Å². The predicted molar refractivity (Wildman–Crippen MR) is 255 cm³/mol. The molecule has 1 saturated heterocycles. The molecule has 18 N–H and O–H groups in total. The zero-order valence-electron chi connectivity index (χ0n) is 32.9. The molecule has 24 heteroatoms. The van der Waals surface area contributed by atoms with Gasteiger partial charge in [-0.1, -0.05) is 0 Å². The van der Waals surface area contributed by atoms with Crippen LogP contribution in [0.2, 0.25) is 0 Å². The minimum atomic E-state index is -3.61. The number of hydrogen-bond donors (Lipinski definition) is 12. The summed E-state index contributed by atoms with van der Waals surface area (Å²) in [6.07, 6.45) is 5.81. The quantitative estimate of drug-likeness (QED) is 0.0269. The topological polar surface area (TPSA) is 256 Å². The molecule has 324 valence electrons. The van der Waals surface area contributed by atoms with E-state index in [1.54, 1.807) is 0 Å². The predicted octanol–water partition coefficient (Wildman–Crippen LogP) is -0.614. The second-order valence-electron chi connectivity index (χ2n) is 12.3. The second-order valence-corrected chi connectivity index (χ2v) is 62.4. The van der Waals surface area contributed by atoms with E-state index in [9.17, 15) is 0 Å². The summed E-state index contributed by atoms with van der Waals surface area (Å²) in [5.74, 6) is 5.60. The van der Waals surface area contributed by atoms with E-state index in [2.05, 4.69) is 31.9 Å². The molecule has 0 bridgehead atoms. The molecular weight excluding hydrogens is 987 g/mol. The Balaban J connectivity index is 3.53. The van der Waals surface area contributed by atoms with Crippen LogP contribution in [0.3, 0.4) is 0 Å². The molecule has 0 spiro atoms. The molecule has 0 aromatic carbocycles. The van der Waals surface area contributed by atoms with Gasteiger partial charge in [0.05, 0.1) is 0 Å². The Bertz CT molecular complexity index is 683. The van der Waals surface area contributed by atoms with Gasteiger partial charge >= 0.3 is 361 Å². The van der Waals surface area contributed by atoms with Crippen molar-refractivity contribution in [2.24, 2.45) is 34.4 Å². The fraction of sp³-hybridized carbons (Fsp3) is 1.00. The third-order valence-electron chi connectivity index (χ3n) is 7.44. The van der Waals surface area contributed by atoms with Crippen molar-refractivity contribution in [2.75, 3.05) is 152 Å². The molecule has 0 aromatic heterocycles. The van der Waals surface area contributed by atoms with Crippen molar-refractivity contribution in [1.82, 2.24) is 31.9 Å². The first-order valence-electron chi connectivity index (χ1n) is 19.9. The van der Waals surface area contributed by atoms with E-state index in [4.69, 9.17) is 42.8 Å². The molecule has 0 aliphatic carbocycles. The van der Waals surface area contributed by atoms with Gasteiger partial charge in [-0.05, 0) is 0 Å². The summed E-state index contributed by atoms with van der Waals surface area (Å²) in [4.78, 5) is 0. The Hall–Kier alpha value is 3.13. The number of hydrogen-bond acceptors (Lipinski definition) is 21. The van der Waals surface area contributed by atoms with Crippen molar-refractivity contribution >= 4 is 95.5 Å². The van der Waals surface area contributed by atoms with E-state index in [0.717, 1.165) is 152 Å². The Kier molecular flexibility index (Phi) is 39.8. The van der Waals surface area contributed by atoms with Gasteiger partial charge in [-0.3, -0.25) is 0 Å². The summed E-state index contributed by atoms with van der Waals surface area (Å²) in [6, 6.07) is 0. The summed E-state index contributed by atoms with van der Waals surface area (Å²) in [6.45, 7) is 15.1. The van der Waals surface area contributed by atoms with Crippen molar-refractivity contribution in [3.8, 4) is 0 Å². The van der Waals surface area contributed by atoms with Crippen LogP contribution in [0.1, 0.15) is 38.5 Å². The van der Waals surface area contributed by atoms with Crippen molar-refractivity contribution in [3.05, 3.63) is 0 Å². The van der Waals surface area contributed by atoms with Gasteiger partial charge in [0.15, 0.2) is 0 Å². The zero-order chi connectivity index (χ0) is 39.3. The van der Waals surface area contributed by atoms with Gasteiger partial charge in [0.2, 0.25) is 0 Å². The van der Waals surface area contributed by atoms with Crippen LogP contribution in [0.25, 0.3) is 0 Å². The Morgan fingerprint density at radius 2 is 0.444 bits per heavy atom. The summed E-state index contributed by atoms with van der Waals surface area (Å²) >= 11 is -10.8. The Morgan fingerprint density at radius 3 is 0.593 bits per heavy atom. The first-order chi connectivity index (χ1) is 26.5. The number of nitrogens with two attached hydrogens (primary N) is 6. The first kappa shape index (κ1) is 55.1. The Labute approximate surface area is 357 Å². The molecule has 0 unspecified atom stereocenters. The van der Waals surface area contributed by atoms with Crippen LogP contribution >= 0.6 is 60.5 Å². The van der Waals surface area contributed by atoms with Gasteiger partial charge in [-0.25, -0.2) is 0 Å². The van der Waals surface area contributed by atoms with Gasteiger partial charge in [-0.2, -0.15) is 0 Å². The first-order valence-corrected chi connectivity index (χ1v) is 46.3. The van der Waals surface area contributed by atoms with Gasteiger partial charge in [0.1, 0.15) is 0 Å². The molecule has 1 rings (SSSR count). The van der Waals surface area contributed by atoms with Crippen LogP contribution in [0.15, 0.2) is 0 Å².